The summed E-state index contributed by atoms with van der Waals surface area (Å²) in [6.07, 6.45) is 0.865. The Morgan fingerprint density at radius 1 is 1.32 bits per heavy atom. The van der Waals surface area contributed by atoms with Crippen LogP contribution in [-0.4, -0.2) is 32.0 Å². The SMILES string of the molecule is CCCNC(=O)COc1cc(OC)ccc1C(C)=O. The molecule has 1 rings (SSSR count). The van der Waals surface area contributed by atoms with Crippen LogP contribution >= 0.6 is 0 Å². The van der Waals surface area contributed by atoms with Gasteiger partial charge in [-0.05, 0) is 25.5 Å². The summed E-state index contributed by atoms with van der Waals surface area (Å²) in [4.78, 5) is 22.9. The molecule has 0 fully saturated rings. The van der Waals surface area contributed by atoms with Crippen LogP contribution in [0.25, 0.3) is 0 Å². The standard InChI is InChI=1S/C14H19NO4/c1-4-7-15-14(17)9-19-13-8-11(18-3)5-6-12(13)10(2)16/h5-6,8H,4,7,9H2,1-3H3,(H,15,17). The Balaban J connectivity index is 2.74. The lowest BCUT2D eigenvalue weighted by Crippen LogP contribution is -2.29. The normalized spacial score (nSPS) is 9.84. The van der Waals surface area contributed by atoms with E-state index in [1.165, 1.54) is 14.0 Å². The van der Waals surface area contributed by atoms with E-state index in [-0.39, 0.29) is 18.3 Å². The number of ketones is 1. The van der Waals surface area contributed by atoms with Gasteiger partial charge < -0.3 is 14.8 Å². The van der Waals surface area contributed by atoms with E-state index in [0.717, 1.165) is 6.42 Å². The van der Waals surface area contributed by atoms with Crippen molar-refractivity contribution in [3.05, 3.63) is 23.8 Å². The van der Waals surface area contributed by atoms with E-state index < -0.39 is 0 Å². The average Bonchev–Trinajstić information content (AvgIpc) is 2.42. The first kappa shape index (κ1) is 15.0. The number of rotatable bonds is 7. The second-order valence-electron chi connectivity index (χ2n) is 4.06. The van der Waals surface area contributed by atoms with E-state index in [1.54, 1.807) is 18.2 Å². The highest BCUT2D eigenvalue weighted by Gasteiger charge is 2.11. The lowest BCUT2D eigenvalue weighted by atomic mass is 10.1. The molecule has 0 aliphatic heterocycles. The molecule has 0 aliphatic rings. The number of nitrogens with one attached hydrogen (secondary N) is 1. The minimum absolute atomic E-state index is 0.118. The van der Waals surface area contributed by atoms with Gasteiger partial charge in [-0.25, -0.2) is 0 Å². The molecule has 0 unspecified atom stereocenters. The van der Waals surface area contributed by atoms with Gasteiger partial charge >= 0.3 is 0 Å². The van der Waals surface area contributed by atoms with E-state index >= 15 is 0 Å². The maximum absolute atomic E-state index is 11.5. The fraction of sp³-hybridized carbons (Fsp3) is 0.429. The van der Waals surface area contributed by atoms with E-state index in [0.29, 0.717) is 23.6 Å². The third-order valence-corrected chi connectivity index (χ3v) is 2.50. The van der Waals surface area contributed by atoms with Gasteiger partial charge in [0.05, 0.1) is 12.7 Å². The van der Waals surface area contributed by atoms with Gasteiger partial charge in [-0.2, -0.15) is 0 Å². The molecular formula is C14H19NO4. The zero-order valence-electron chi connectivity index (χ0n) is 11.5. The number of amides is 1. The van der Waals surface area contributed by atoms with Crippen LogP contribution in [0.1, 0.15) is 30.6 Å². The molecule has 0 saturated carbocycles. The maximum Gasteiger partial charge on any atom is 0.257 e. The van der Waals surface area contributed by atoms with Crippen LogP contribution in [0, 0.1) is 0 Å². The number of carbonyl (C=O) groups is 2. The highest BCUT2D eigenvalue weighted by atomic mass is 16.5. The zero-order valence-corrected chi connectivity index (χ0v) is 11.5. The smallest absolute Gasteiger partial charge is 0.257 e. The van der Waals surface area contributed by atoms with Crippen LogP contribution in [0.2, 0.25) is 0 Å². The fourth-order valence-corrected chi connectivity index (χ4v) is 1.50. The first-order valence-electron chi connectivity index (χ1n) is 6.17. The first-order valence-corrected chi connectivity index (χ1v) is 6.17. The molecule has 0 heterocycles. The molecule has 1 amide bonds. The number of hydrogen-bond donors (Lipinski definition) is 1. The number of hydrogen-bond acceptors (Lipinski definition) is 4. The molecule has 0 radical (unpaired) electrons. The molecule has 0 saturated heterocycles. The van der Waals surface area contributed by atoms with Crippen molar-refractivity contribution in [3.63, 3.8) is 0 Å². The molecule has 5 heteroatoms. The van der Waals surface area contributed by atoms with Gasteiger partial charge in [0.1, 0.15) is 11.5 Å². The van der Waals surface area contributed by atoms with Crippen molar-refractivity contribution in [1.82, 2.24) is 5.32 Å². The number of Topliss-reactive ketones (excluding diaryl/α,β-unsaturated/α-hetero) is 1. The minimum Gasteiger partial charge on any atom is -0.497 e. The number of ether oxygens (including phenoxy) is 2. The first-order chi connectivity index (χ1) is 9.08. The van der Waals surface area contributed by atoms with Crippen LogP contribution in [0.5, 0.6) is 11.5 Å². The van der Waals surface area contributed by atoms with Crippen molar-refractivity contribution >= 4 is 11.7 Å². The van der Waals surface area contributed by atoms with Crippen molar-refractivity contribution in [2.45, 2.75) is 20.3 Å². The Morgan fingerprint density at radius 3 is 2.63 bits per heavy atom. The second-order valence-corrected chi connectivity index (χ2v) is 4.06. The number of benzene rings is 1. The number of carbonyl (C=O) groups excluding carboxylic acids is 2. The Morgan fingerprint density at radius 2 is 2.05 bits per heavy atom. The highest BCUT2D eigenvalue weighted by molar-refractivity contribution is 5.97. The summed E-state index contributed by atoms with van der Waals surface area (Å²) in [5, 5.41) is 2.70. The Hall–Kier alpha value is -2.04. The van der Waals surface area contributed by atoms with Gasteiger partial charge in [-0.15, -0.1) is 0 Å². The maximum atomic E-state index is 11.5. The van der Waals surface area contributed by atoms with Crippen LogP contribution < -0.4 is 14.8 Å². The third-order valence-electron chi connectivity index (χ3n) is 2.50. The lowest BCUT2D eigenvalue weighted by Gasteiger charge is -2.11. The average molecular weight is 265 g/mol. The van der Waals surface area contributed by atoms with Crippen molar-refractivity contribution in [2.75, 3.05) is 20.3 Å². The molecule has 1 aromatic carbocycles. The van der Waals surface area contributed by atoms with Gasteiger partial charge in [0, 0.05) is 12.6 Å². The van der Waals surface area contributed by atoms with Crippen molar-refractivity contribution < 1.29 is 19.1 Å². The largest absolute Gasteiger partial charge is 0.497 e. The predicted molar refractivity (Wildman–Crippen MR) is 71.8 cm³/mol. The Kier molecular flexibility index (Phi) is 5.85. The van der Waals surface area contributed by atoms with Gasteiger partial charge in [0.2, 0.25) is 0 Å². The van der Waals surface area contributed by atoms with Crippen molar-refractivity contribution in [3.8, 4) is 11.5 Å². The molecule has 0 aliphatic carbocycles. The second kappa shape index (κ2) is 7.41. The molecule has 0 atom stereocenters. The molecular weight excluding hydrogens is 246 g/mol. The van der Waals surface area contributed by atoms with Gasteiger partial charge in [-0.3, -0.25) is 9.59 Å². The lowest BCUT2D eigenvalue weighted by molar-refractivity contribution is -0.123. The van der Waals surface area contributed by atoms with E-state index in [9.17, 15) is 9.59 Å². The van der Waals surface area contributed by atoms with Gasteiger partial charge in [0.25, 0.3) is 5.91 Å². The van der Waals surface area contributed by atoms with Crippen LogP contribution in [0.4, 0.5) is 0 Å². The molecule has 0 spiro atoms. The summed E-state index contributed by atoms with van der Waals surface area (Å²) >= 11 is 0. The Labute approximate surface area is 112 Å². The van der Waals surface area contributed by atoms with Crippen LogP contribution in [0.15, 0.2) is 18.2 Å². The molecule has 0 bridgehead atoms. The summed E-state index contributed by atoms with van der Waals surface area (Å²) in [5.41, 5.74) is 0.434. The summed E-state index contributed by atoms with van der Waals surface area (Å²) in [5.74, 6) is 0.609. The monoisotopic (exact) mass is 265 g/mol. The summed E-state index contributed by atoms with van der Waals surface area (Å²) in [6.45, 7) is 3.91. The molecule has 5 nitrogen and oxygen atoms in total. The molecule has 1 aromatic rings. The third kappa shape index (κ3) is 4.62. The molecule has 1 N–H and O–H groups in total. The molecule has 104 valence electrons. The van der Waals surface area contributed by atoms with E-state index in [2.05, 4.69) is 5.32 Å². The summed E-state index contributed by atoms with van der Waals surface area (Å²) in [6, 6.07) is 4.91. The van der Waals surface area contributed by atoms with Gasteiger partial charge in [0.15, 0.2) is 12.4 Å². The van der Waals surface area contributed by atoms with Crippen molar-refractivity contribution in [1.29, 1.82) is 0 Å². The van der Waals surface area contributed by atoms with Gasteiger partial charge in [-0.1, -0.05) is 6.92 Å². The predicted octanol–water partition coefficient (Wildman–Crippen LogP) is 1.80. The quantitative estimate of drug-likeness (QED) is 0.763. The van der Waals surface area contributed by atoms with Crippen LogP contribution in [-0.2, 0) is 4.79 Å². The summed E-state index contributed by atoms with van der Waals surface area (Å²) in [7, 11) is 1.53. The molecule has 19 heavy (non-hydrogen) atoms. The number of methoxy groups -OCH3 is 1. The zero-order chi connectivity index (χ0) is 14.3. The minimum atomic E-state index is -0.209. The van der Waals surface area contributed by atoms with E-state index in [1.807, 2.05) is 6.92 Å². The van der Waals surface area contributed by atoms with Crippen molar-refractivity contribution in [2.24, 2.45) is 0 Å². The molecule has 0 aromatic heterocycles. The Bertz CT molecular complexity index is 457. The fourth-order valence-electron chi connectivity index (χ4n) is 1.50. The van der Waals surface area contributed by atoms with Crippen LogP contribution in [0.3, 0.4) is 0 Å². The summed E-state index contributed by atoms with van der Waals surface area (Å²) < 4.78 is 10.5. The van der Waals surface area contributed by atoms with E-state index in [4.69, 9.17) is 9.47 Å². The topological polar surface area (TPSA) is 64.6 Å². The highest BCUT2D eigenvalue weighted by Crippen LogP contribution is 2.25.